The van der Waals surface area contributed by atoms with Crippen LogP contribution < -0.4 is 17.1 Å². The summed E-state index contributed by atoms with van der Waals surface area (Å²) in [7, 11) is 0. The first-order valence-electron chi connectivity index (χ1n) is 30.9. The third-order valence-corrected chi connectivity index (χ3v) is 15.0. The predicted octanol–water partition coefficient (Wildman–Crippen LogP) is 9.40. The lowest BCUT2D eigenvalue weighted by atomic mass is 9.78. The number of carbonyl (C=O) groups excluding carboxylic acids is 6. The molecule has 0 aliphatic rings. The smallest absolute Gasteiger partial charge is 0.336 e. The minimum Gasteiger partial charge on any atom is -0.507 e. The Labute approximate surface area is 529 Å². The van der Waals surface area contributed by atoms with Crippen molar-refractivity contribution in [1.29, 1.82) is 0 Å². The number of hydrogen-bond acceptors (Lipinski definition) is 18. The van der Waals surface area contributed by atoms with E-state index in [1.807, 2.05) is 161 Å². The normalized spacial score (nSPS) is 12.3. The SMILES string of the molecule is CC(C)(C)c1cc(CCC(=O)OCCC(=O)OCCn2c(=O)n(CCOC(=O)CCOC(=O)CCc3cc(C(C)(C)C)c(O)c(C(C)(C)C)c3)c(=O)n(CCOC(=O)CCOC(=O)CCc3cc(C(C)(C)C)c(O)c(C(C)(C)C)c3)c2=O)cc(C(C)(C)C)c1O. The second-order valence-corrected chi connectivity index (χ2v) is 29.0. The monoisotopic (exact) mass is 1260 g/mol. The number of benzene rings is 3. The number of aryl methyl sites for hydroxylation is 3. The number of hydrogen-bond donors (Lipinski definition) is 3. The first-order chi connectivity index (χ1) is 41.4. The van der Waals surface area contributed by atoms with Gasteiger partial charge in [0.25, 0.3) is 0 Å². The summed E-state index contributed by atoms with van der Waals surface area (Å²) >= 11 is 0. The Morgan fingerprint density at radius 1 is 0.300 bits per heavy atom. The molecule has 0 aliphatic carbocycles. The van der Waals surface area contributed by atoms with Gasteiger partial charge in [-0.05, 0) is 102 Å². The quantitative estimate of drug-likeness (QED) is 0.0370. The number of carbonyl (C=O) groups is 6. The average Bonchev–Trinajstić information content (AvgIpc) is 0.833. The Hall–Kier alpha value is -7.71. The van der Waals surface area contributed by atoms with Crippen LogP contribution in [0.3, 0.4) is 0 Å². The van der Waals surface area contributed by atoms with Crippen LogP contribution in [-0.4, -0.2) is 104 Å². The van der Waals surface area contributed by atoms with Crippen LogP contribution in [0.15, 0.2) is 50.8 Å². The van der Waals surface area contributed by atoms with Crippen LogP contribution in [0, 0.1) is 0 Å². The summed E-state index contributed by atoms with van der Waals surface area (Å²) < 4.78 is 33.7. The standard InChI is InChI=1S/C69H99N3O18/c1-64(2,3)46-37-43(38-47(58(46)79)65(4,5)6)19-22-52(73)85-31-25-55(76)88-34-28-70-61(82)71(29-35-89-56(77)26-32-86-53(74)23-20-44-39-48(66(7,8)9)59(80)49(40-44)67(10,11)12)63(84)72(62(70)83)30-36-90-57(78)27-33-87-54(75)24-21-45-41-50(68(13,14)15)60(81)51(42-45)69(16,17)18/h37-42,79-81H,19-36H2,1-18H3. The van der Waals surface area contributed by atoms with Crippen LogP contribution in [0.25, 0.3) is 0 Å². The molecule has 21 heteroatoms. The van der Waals surface area contributed by atoms with Gasteiger partial charge >= 0.3 is 52.9 Å². The largest absolute Gasteiger partial charge is 0.507 e. The lowest BCUT2D eigenvalue weighted by Crippen LogP contribution is -2.55. The first-order valence-corrected chi connectivity index (χ1v) is 30.9. The average molecular weight is 1260 g/mol. The number of ether oxygens (including phenoxy) is 6. The third-order valence-electron chi connectivity index (χ3n) is 15.0. The molecular formula is C69H99N3O18. The van der Waals surface area contributed by atoms with Crippen molar-refractivity contribution < 1.29 is 72.5 Å². The number of esters is 6. The van der Waals surface area contributed by atoms with Gasteiger partial charge < -0.3 is 43.7 Å². The van der Waals surface area contributed by atoms with Crippen molar-refractivity contribution in [2.45, 2.75) is 235 Å². The van der Waals surface area contributed by atoms with Crippen molar-refractivity contribution in [1.82, 2.24) is 13.7 Å². The summed E-state index contributed by atoms with van der Waals surface area (Å²) in [4.78, 5) is 118. The van der Waals surface area contributed by atoms with E-state index in [0.717, 1.165) is 50.1 Å². The van der Waals surface area contributed by atoms with Crippen LogP contribution in [-0.2, 0) is 129 Å². The summed E-state index contributed by atoms with van der Waals surface area (Å²) in [5.74, 6) is -3.56. The highest BCUT2D eigenvalue weighted by Crippen LogP contribution is 2.43. The number of nitrogens with zero attached hydrogens (tertiary/aromatic N) is 3. The van der Waals surface area contributed by atoms with Crippen LogP contribution in [0.5, 0.6) is 17.2 Å². The second kappa shape index (κ2) is 30.9. The maximum atomic E-state index is 13.8. The molecule has 3 aromatic carbocycles. The highest BCUT2D eigenvalue weighted by atomic mass is 16.6. The lowest BCUT2D eigenvalue weighted by molar-refractivity contribution is -0.151. The van der Waals surface area contributed by atoms with E-state index in [4.69, 9.17) is 28.4 Å². The Balaban J connectivity index is 1.38. The van der Waals surface area contributed by atoms with E-state index in [1.54, 1.807) is 0 Å². The molecule has 3 N–H and O–H groups in total. The maximum Gasteiger partial charge on any atom is 0.336 e. The molecule has 0 saturated carbocycles. The minimum atomic E-state index is -1.14. The molecule has 0 bridgehead atoms. The molecule has 0 amide bonds. The van der Waals surface area contributed by atoms with Crippen LogP contribution in [0.2, 0.25) is 0 Å². The van der Waals surface area contributed by atoms with Gasteiger partial charge in [-0.25, -0.2) is 28.1 Å². The lowest BCUT2D eigenvalue weighted by Gasteiger charge is -2.28. The van der Waals surface area contributed by atoms with Gasteiger partial charge in [-0.1, -0.05) is 161 Å². The van der Waals surface area contributed by atoms with Crippen molar-refractivity contribution in [3.63, 3.8) is 0 Å². The topological polar surface area (TPSA) is 284 Å². The van der Waals surface area contributed by atoms with E-state index >= 15 is 0 Å². The van der Waals surface area contributed by atoms with Gasteiger partial charge in [0.15, 0.2) is 0 Å². The zero-order valence-corrected chi connectivity index (χ0v) is 56.5. The molecule has 0 spiro atoms. The van der Waals surface area contributed by atoms with Crippen molar-refractivity contribution in [2.24, 2.45) is 0 Å². The predicted molar refractivity (Wildman–Crippen MR) is 340 cm³/mol. The molecule has 1 heterocycles. The highest BCUT2D eigenvalue weighted by molar-refractivity contribution is 5.74. The van der Waals surface area contributed by atoms with E-state index in [1.165, 1.54) is 0 Å². The number of aromatic nitrogens is 3. The summed E-state index contributed by atoms with van der Waals surface area (Å²) in [5, 5.41) is 33.2. The Bertz CT molecular complexity index is 2920. The molecule has 4 rings (SSSR count). The first kappa shape index (κ1) is 74.8. The van der Waals surface area contributed by atoms with Gasteiger partial charge in [0.1, 0.15) is 56.9 Å². The minimum absolute atomic E-state index is 0.00974. The van der Waals surface area contributed by atoms with Crippen molar-refractivity contribution >= 4 is 35.8 Å². The number of rotatable bonds is 27. The van der Waals surface area contributed by atoms with Gasteiger partial charge in [0, 0.05) is 19.3 Å². The van der Waals surface area contributed by atoms with Crippen molar-refractivity contribution in [3.8, 4) is 17.2 Å². The zero-order valence-electron chi connectivity index (χ0n) is 56.5. The molecule has 0 radical (unpaired) electrons. The van der Waals surface area contributed by atoms with Crippen LogP contribution in [0.1, 0.15) is 213 Å². The van der Waals surface area contributed by atoms with E-state index in [-0.39, 0.29) is 108 Å². The van der Waals surface area contributed by atoms with Crippen molar-refractivity contribution in [2.75, 3.05) is 39.6 Å². The van der Waals surface area contributed by atoms with E-state index in [0.29, 0.717) is 33.0 Å². The molecule has 498 valence electrons. The molecule has 4 aromatic rings. The maximum absolute atomic E-state index is 13.8. The summed E-state index contributed by atoms with van der Waals surface area (Å²) in [6.07, 6.45) is -0.189. The van der Waals surface area contributed by atoms with Crippen LogP contribution in [0.4, 0.5) is 0 Å². The Morgan fingerprint density at radius 3 is 0.644 bits per heavy atom. The van der Waals surface area contributed by atoms with Crippen LogP contribution >= 0.6 is 0 Å². The summed E-state index contributed by atoms with van der Waals surface area (Å²) in [5.41, 5.74) is 1.37. The second-order valence-electron chi connectivity index (χ2n) is 29.0. The fourth-order valence-corrected chi connectivity index (χ4v) is 9.87. The van der Waals surface area contributed by atoms with Gasteiger partial charge in [0.2, 0.25) is 0 Å². The molecule has 0 fully saturated rings. The van der Waals surface area contributed by atoms with E-state index in [2.05, 4.69) is 0 Å². The molecular weight excluding hydrogens is 1160 g/mol. The Morgan fingerprint density at radius 2 is 0.467 bits per heavy atom. The van der Waals surface area contributed by atoms with Gasteiger partial charge in [-0.3, -0.25) is 28.8 Å². The highest BCUT2D eigenvalue weighted by Gasteiger charge is 2.30. The summed E-state index contributed by atoms with van der Waals surface area (Å²) in [6.45, 7) is 31.5. The molecule has 0 atom stereocenters. The fraction of sp³-hybridized carbons (Fsp3) is 0.609. The number of phenols is 3. The molecule has 0 unspecified atom stereocenters. The van der Waals surface area contributed by atoms with Gasteiger partial charge in [0.05, 0.1) is 38.9 Å². The van der Waals surface area contributed by atoms with Crippen molar-refractivity contribution in [3.05, 3.63) is 118 Å². The number of aromatic hydroxyl groups is 3. The molecule has 0 aliphatic heterocycles. The van der Waals surface area contributed by atoms with Gasteiger partial charge in [-0.15, -0.1) is 0 Å². The molecule has 21 nitrogen and oxygen atoms in total. The fourth-order valence-electron chi connectivity index (χ4n) is 9.87. The van der Waals surface area contributed by atoms with E-state index < -0.39 is 92.3 Å². The van der Waals surface area contributed by atoms with Gasteiger partial charge in [-0.2, -0.15) is 0 Å². The zero-order chi connectivity index (χ0) is 68.1. The van der Waals surface area contributed by atoms with E-state index in [9.17, 15) is 58.5 Å². The molecule has 90 heavy (non-hydrogen) atoms. The number of phenolic OH excluding ortho intramolecular Hbond substituents is 3. The molecule has 0 saturated heterocycles. The third kappa shape index (κ3) is 22.1. The summed E-state index contributed by atoms with van der Waals surface area (Å²) in [6, 6.07) is 11.2. The molecule has 1 aromatic heterocycles. The Kier molecular flexibility index (Phi) is 25.6.